The highest BCUT2D eigenvalue weighted by atomic mass is 32.2. The molecule has 1 heterocycles. The third kappa shape index (κ3) is 4.57. The van der Waals surface area contributed by atoms with Gasteiger partial charge in [0.1, 0.15) is 4.90 Å². The zero-order valence-corrected chi connectivity index (χ0v) is 13.3. The highest BCUT2D eigenvalue weighted by Gasteiger charge is 2.24. The molecule has 0 bridgehead atoms. The monoisotopic (exact) mass is 302 g/mol. The molecule has 0 aromatic carbocycles. The molecule has 1 aromatic rings. The molecular weight excluding hydrogens is 276 g/mol. The van der Waals surface area contributed by atoms with Crippen molar-refractivity contribution in [3.8, 4) is 0 Å². The van der Waals surface area contributed by atoms with Crippen molar-refractivity contribution in [3.05, 3.63) is 12.4 Å². The van der Waals surface area contributed by atoms with Crippen LogP contribution in [0.1, 0.15) is 39.5 Å². The summed E-state index contributed by atoms with van der Waals surface area (Å²) < 4.78 is 28.4. The van der Waals surface area contributed by atoms with Crippen molar-refractivity contribution in [2.24, 2.45) is 5.73 Å². The fraction of sp³-hybridized carbons (Fsp3) is 0.769. The molecule has 0 atom stereocenters. The summed E-state index contributed by atoms with van der Waals surface area (Å²) in [6.07, 6.45) is 6.68. The maximum absolute atomic E-state index is 12.6. The van der Waals surface area contributed by atoms with Crippen LogP contribution in [0.15, 0.2) is 17.3 Å². The van der Waals surface area contributed by atoms with Crippen molar-refractivity contribution >= 4 is 10.0 Å². The van der Waals surface area contributed by atoms with Crippen LogP contribution in [-0.4, -0.2) is 42.1 Å². The Labute approximate surface area is 122 Å². The van der Waals surface area contributed by atoms with Gasteiger partial charge in [-0.25, -0.2) is 8.42 Å². The summed E-state index contributed by atoms with van der Waals surface area (Å²) in [7, 11) is -3.43. The molecule has 0 spiro atoms. The molecule has 0 unspecified atom stereocenters. The van der Waals surface area contributed by atoms with E-state index in [-0.39, 0.29) is 4.90 Å². The van der Waals surface area contributed by atoms with Crippen LogP contribution in [0.3, 0.4) is 0 Å². The fourth-order valence-corrected chi connectivity index (χ4v) is 3.37. The fourth-order valence-electron chi connectivity index (χ4n) is 1.90. The standard InChI is InChI=1S/C13H26N4O2S/c1-3-5-8-17(9-6-4-2)20(18,19)13-11-15-16(12-13)10-7-14/h11-12H,3-10,14H2,1-2H3. The van der Waals surface area contributed by atoms with Gasteiger partial charge in [0.25, 0.3) is 0 Å². The summed E-state index contributed by atoms with van der Waals surface area (Å²) in [6, 6.07) is 0. The molecule has 6 nitrogen and oxygen atoms in total. The van der Waals surface area contributed by atoms with Gasteiger partial charge in [0.15, 0.2) is 0 Å². The van der Waals surface area contributed by atoms with Crippen LogP contribution in [0.5, 0.6) is 0 Å². The topological polar surface area (TPSA) is 81.2 Å². The largest absolute Gasteiger partial charge is 0.329 e. The van der Waals surface area contributed by atoms with E-state index in [1.54, 1.807) is 15.2 Å². The van der Waals surface area contributed by atoms with Crippen LogP contribution in [0, 0.1) is 0 Å². The molecule has 0 aliphatic rings. The minimum Gasteiger partial charge on any atom is -0.329 e. The summed E-state index contributed by atoms with van der Waals surface area (Å²) in [5, 5.41) is 4.05. The number of hydrogen-bond acceptors (Lipinski definition) is 4. The molecule has 1 aromatic heterocycles. The van der Waals surface area contributed by atoms with Crippen molar-refractivity contribution in [3.63, 3.8) is 0 Å². The first-order chi connectivity index (χ1) is 9.56. The molecule has 0 aliphatic carbocycles. The molecule has 0 amide bonds. The van der Waals surface area contributed by atoms with Crippen molar-refractivity contribution in [1.29, 1.82) is 0 Å². The summed E-state index contributed by atoms with van der Waals surface area (Å²) in [4.78, 5) is 0.262. The Hall–Kier alpha value is -0.920. The predicted octanol–water partition coefficient (Wildman–Crippen LogP) is 1.43. The zero-order chi connectivity index (χ0) is 15.0. The van der Waals surface area contributed by atoms with Crippen molar-refractivity contribution in [2.45, 2.75) is 51.0 Å². The summed E-state index contributed by atoms with van der Waals surface area (Å²) in [6.45, 7) is 6.23. The van der Waals surface area contributed by atoms with Gasteiger partial charge in [-0.05, 0) is 12.8 Å². The molecule has 2 N–H and O–H groups in total. The molecule has 20 heavy (non-hydrogen) atoms. The maximum Gasteiger partial charge on any atom is 0.246 e. The molecule has 0 saturated carbocycles. The smallest absolute Gasteiger partial charge is 0.246 e. The van der Waals surface area contributed by atoms with Gasteiger partial charge in [-0.3, -0.25) is 4.68 Å². The highest BCUT2D eigenvalue weighted by Crippen LogP contribution is 2.16. The minimum atomic E-state index is -3.43. The van der Waals surface area contributed by atoms with Crippen molar-refractivity contribution < 1.29 is 8.42 Å². The quantitative estimate of drug-likeness (QED) is 0.709. The van der Waals surface area contributed by atoms with Crippen LogP contribution >= 0.6 is 0 Å². The SMILES string of the molecule is CCCCN(CCCC)S(=O)(=O)c1cnn(CCN)c1. The number of unbranched alkanes of at least 4 members (excludes halogenated alkanes) is 2. The second kappa shape index (κ2) is 8.39. The van der Waals surface area contributed by atoms with E-state index in [4.69, 9.17) is 5.73 Å². The van der Waals surface area contributed by atoms with Gasteiger partial charge in [-0.2, -0.15) is 9.40 Å². The van der Waals surface area contributed by atoms with E-state index in [0.717, 1.165) is 25.7 Å². The first-order valence-electron chi connectivity index (χ1n) is 7.28. The van der Waals surface area contributed by atoms with Gasteiger partial charge < -0.3 is 5.73 Å². The molecular formula is C13H26N4O2S. The maximum atomic E-state index is 12.6. The summed E-state index contributed by atoms with van der Waals surface area (Å²) >= 11 is 0. The average Bonchev–Trinajstić information content (AvgIpc) is 2.88. The Balaban J connectivity index is 2.88. The minimum absolute atomic E-state index is 0.262. The lowest BCUT2D eigenvalue weighted by molar-refractivity contribution is 0.395. The lowest BCUT2D eigenvalue weighted by Crippen LogP contribution is -2.32. The second-order valence-electron chi connectivity index (χ2n) is 4.84. The van der Waals surface area contributed by atoms with Crippen molar-refractivity contribution in [1.82, 2.24) is 14.1 Å². The lowest BCUT2D eigenvalue weighted by Gasteiger charge is -2.20. The van der Waals surface area contributed by atoms with Crippen LogP contribution in [0.2, 0.25) is 0 Å². The van der Waals surface area contributed by atoms with Crippen LogP contribution in [0.4, 0.5) is 0 Å². The van der Waals surface area contributed by atoms with Crippen LogP contribution < -0.4 is 5.73 Å². The van der Waals surface area contributed by atoms with Crippen LogP contribution in [0.25, 0.3) is 0 Å². The average molecular weight is 302 g/mol. The molecule has 0 saturated heterocycles. The first kappa shape index (κ1) is 17.1. The van der Waals surface area contributed by atoms with E-state index in [1.165, 1.54) is 6.20 Å². The summed E-state index contributed by atoms with van der Waals surface area (Å²) in [5.74, 6) is 0. The van der Waals surface area contributed by atoms with E-state index in [2.05, 4.69) is 18.9 Å². The zero-order valence-electron chi connectivity index (χ0n) is 12.5. The Morgan fingerprint density at radius 1 is 1.25 bits per heavy atom. The summed E-state index contributed by atoms with van der Waals surface area (Å²) in [5.41, 5.74) is 5.45. The van der Waals surface area contributed by atoms with Gasteiger partial charge in [0.05, 0.1) is 12.7 Å². The second-order valence-corrected chi connectivity index (χ2v) is 6.78. The van der Waals surface area contributed by atoms with E-state index >= 15 is 0 Å². The lowest BCUT2D eigenvalue weighted by atomic mass is 10.3. The molecule has 0 fully saturated rings. The Bertz CT molecular complexity index is 476. The van der Waals surface area contributed by atoms with Gasteiger partial charge in [-0.1, -0.05) is 26.7 Å². The first-order valence-corrected chi connectivity index (χ1v) is 8.72. The number of nitrogens with zero attached hydrogens (tertiary/aromatic N) is 3. The Kier molecular flexibility index (Phi) is 7.18. The molecule has 0 radical (unpaired) electrons. The number of nitrogens with two attached hydrogens (primary N) is 1. The Morgan fingerprint density at radius 2 is 1.85 bits per heavy atom. The number of aromatic nitrogens is 2. The van der Waals surface area contributed by atoms with E-state index in [1.807, 2.05) is 0 Å². The third-order valence-electron chi connectivity index (χ3n) is 3.13. The normalized spacial score (nSPS) is 12.2. The van der Waals surface area contributed by atoms with Gasteiger partial charge in [-0.15, -0.1) is 0 Å². The van der Waals surface area contributed by atoms with Crippen molar-refractivity contribution in [2.75, 3.05) is 19.6 Å². The van der Waals surface area contributed by atoms with E-state index in [9.17, 15) is 8.42 Å². The molecule has 1 rings (SSSR count). The van der Waals surface area contributed by atoms with E-state index < -0.39 is 10.0 Å². The van der Waals surface area contributed by atoms with Gasteiger partial charge in [0, 0.05) is 25.8 Å². The predicted molar refractivity (Wildman–Crippen MR) is 79.9 cm³/mol. The van der Waals surface area contributed by atoms with Crippen LogP contribution in [-0.2, 0) is 16.6 Å². The number of sulfonamides is 1. The van der Waals surface area contributed by atoms with Gasteiger partial charge in [0.2, 0.25) is 10.0 Å². The molecule has 7 heteroatoms. The van der Waals surface area contributed by atoms with E-state index in [0.29, 0.717) is 26.2 Å². The molecule has 116 valence electrons. The van der Waals surface area contributed by atoms with Gasteiger partial charge >= 0.3 is 0 Å². The number of hydrogen-bond donors (Lipinski definition) is 1. The number of rotatable bonds is 10. The molecule has 0 aliphatic heterocycles. The highest BCUT2D eigenvalue weighted by molar-refractivity contribution is 7.89. The Morgan fingerprint density at radius 3 is 2.35 bits per heavy atom. The third-order valence-corrected chi connectivity index (χ3v) is 4.98.